The van der Waals surface area contributed by atoms with Crippen molar-refractivity contribution in [3.05, 3.63) is 0 Å². The molecule has 0 atom stereocenters. The van der Waals surface area contributed by atoms with Crippen LogP contribution in [-0.2, 0) is 19.9 Å². The summed E-state index contributed by atoms with van der Waals surface area (Å²) in [5.74, 6) is -0.101. The Morgan fingerprint density at radius 2 is 1.71 bits per heavy atom. The third-order valence-corrected chi connectivity index (χ3v) is 5.12. The Morgan fingerprint density at radius 3 is 2.18 bits per heavy atom. The van der Waals surface area contributed by atoms with Gasteiger partial charge in [0.05, 0.1) is 11.5 Å². The highest BCUT2D eigenvalue weighted by Gasteiger charge is 2.18. The molecule has 0 amide bonds. The average molecular weight is 286 g/mol. The summed E-state index contributed by atoms with van der Waals surface area (Å²) in [6.45, 7) is 3.43. The van der Waals surface area contributed by atoms with E-state index >= 15 is 0 Å². The molecule has 0 rings (SSSR count). The summed E-state index contributed by atoms with van der Waals surface area (Å²) in [4.78, 5) is 0. The Bertz CT molecular complexity index is 403. The quantitative estimate of drug-likeness (QED) is 0.566. The summed E-state index contributed by atoms with van der Waals surface area (Å²) >= 11 is 0. The van der Waals surface area contributed by atoms with Crippen LogP contribution in [0.15, 0.2) is 0 Å². The molecule has 0 heterocycles. The zero-order valence-corrected chi connectivity index (χ0v) is 12.3. The van der Waals surface area contributed by atoms with Gasteiger partial charge in [0, 0.05) is 19.8 Å². The standard InChI is InChI=1S/C9H22N2O4S2/c1-4-10-6-5-8-17(14,15)11(2)7-9-16(3,12)13/h10H,4-9H2,1-3H3. The van der Waals surface area contributed by atoms with Crippen LogP contribution in [0, 0.1) is 0 Å². The fourth-order valence-electron chi connectivity index (χ4n) is 1.15. The fraction of sp³-hybridized carbons (Fsp3) is 1.00. The third kappa shape index (κ3) is 8.53. The van der Waals surface area contributed by atoms with E-state index in [4.69, 9.17) is 0 Å². The Morgan fingerprint density at radius 1 is 1.12 bits per heavy atom. The molecule has 0 unspecified atom stereocenters. The number of rotatable bonds is 9. The molecule has 0 saturated carbocycles. The highest BCUT2D eigenvalue weighted by atomic mass is 32.2. The van der Waals surface area contributed by atoms with Crippen LogP contribution in [-0.4, -0.2) is 65.6 Å². The summed E-state index contributed by atoms with van der Waals surface area (Å²) in [5.41, 5.74) is 0. The first-order chi connectivity index (χ1) is 7.69. The Kier molecular flexibility index (Phi) is 7.22. The van der Waals surface area contributed by atoms with E-state index in [1.54, 1.807) is 0 Å². The van der Waals surface area contributed by atoms with Crippen molar-refractivity contribution in [1.82, 2.24) is 9.62 Å². The van der Waals surface area contributed by atoms with Crippen molar-refractivity contribution in [2.24, 2.45) is 0 Å². The lowest BCUT2D eigenvalue weighted by Gasteiger charge is -2.16. The molecule has 0 radical (unpaired) electrons. The number of hydrogen-bond acceptors (Lipinski definition) is 5. The lowest BCUT2D eigenvalue weighted by atomic mass is 10.5. The van der Waals surface area contributed by atoms with Gasteiger partial charge in [0.2, 0.25) is 10.0 Å². The van der Waals surface area contributed by atoms with Crippen LogP contribution in [0.1, 0.15) is 13.3 Å². The topological polar surface area (TPSA) is 83.6 Å². The second-order valence-electron chi connectivity index (χ2n) is 3.97. The van der Waals surface area contributed by atoms with Crippen molar-refractivity contribution in [3.8, 4) is 0 Å². The molecule has 0 bridgehead atoms. The van der Waals surface area contributed by atoms with Gasteiger partial charge in [0.1, 0.15) is 9.84 Å². The summed E-state index contributed by atoms with van der Waals surface area (Å²) in [6.07, 6.45) is 1.62. The first-order valence-electron chi connectivity index (χ1n) is 5.51. The Balaban J connectivity index is 4.12. The monoisotopic (exact) mass is 286 g/mol. The van der Waals surface area contributed by atoms with E-state index < -0.39 is 19.9 Å². The highest BCUT2D eigenvalue weighted by Crippen LogP contribution is 2.00. The van der Waals surface area contributed by atoms with Gasteiger partial charge in [0.25, 0.3) is 0 Å². The minimum absolute atomic E-state index is 0.0162. The normalized spacial score (nSPS) is 13.2. The third-order valence-electron chi connectivity index (χ3n) is 2.26. The molecule has 0 aliphatic carbocycles. The predicted octanol–water partition coefficient (Wildman–Crippen LogP) is -0.708. The molecule has 1 N–H and O–H groups in total. The van der Waals surface area contributed by atoms with Crippen LogP contribution in [0.25, 0.3) is 0 Å². The van der Waals surface area contributed by atoms with Gasteiger partial charge >= 0.3 is 0 Å². The molecule has 0 spiro atoms. The fourth-order valence-corrected chi connectivity index (χ4v) is 3.06. The van der Waals surface area contributed by atoms with Crippen molar-refractivity contribution in [2.45, 2.75) is 13.3 Å². The molecule has 8 heteroatoms. The summed E-state index contributed by atoms with van der Waals surface area (Å²) < 4.78 is 46.4. The van der Waals surface area contributed by atoms with Crippen LogP contribution in [0.5, 0.6) is 0 Å². The maximum atomic E-state index is 11.7. The van der Waals surface area contributed by atoms with Gasteiger partial charge in [-0.2, -0.15) is 0 Å². The van der Waals surface area contributed by atoms with E-state index in [1.165, 1.54) is 7.05 Å². The number of sulfone groups is 1. The van der Waals surface area contributed by atoms with E-state index in [0.29, 0.717) is 13.0 Å². The van der Waals surface area contributed by atoms with Crippen LogP contribution in [0.4, 0.5) is 0 Å². The molecule has 17 heavy (non-hydrogen) atoms. The highest BCUT2D eigenvalue weighted by molar-refractivity contribution is 7.91. The van der Waals surface area contributed by atoms with Crippen LogP contribution in [0.2, 0.25) is 0 Å². The van der Waals surface area contributed by atoms with Gasteiger partial charge in [-0.1, -0.05) is 6.92 Å². The first-order valence-corrected chi connectivity index (χ1v) is 9.18. The first kappa shape index (κ1) is 16.8. The van der Waals surface area contributed by atoms with Gasteiger partial charge in [-0.15, -0.1) is 0 Å². The Labute approximate surface area is 104 Å². The molecule has 0 aromatic carbocycles. The number of nitrogens with zero attached hydrogens (tertiary/aromatic N) is 1. The van der Waals surface area contributed by atoms with E-state index in [9.17, 15) is 16.8 Å². The predicted molar refractivity (Wildman–Crippen MR) is 69.3 cm³/mol. The van der Waals surface area contributed by atoms with Gasteiger partial charge in [-0.3, -0.25) is 0 Å². The van der Waals surface area contributed by atoms with Crippen molar-refractivity contribution in [1.29, 1.82) is 0 Å². The smallest absolute Gasteiger partial charge is 0.213 e. The largest absolute Gasteiger partial charge is 0.317 e. The lowest BCUT2D eigenvalue weighted by molar-refractivity contribution is 0.482. The molecule has 0 aliphatic rings. The summed E-state index contributed by atoms with van der Waals surface area (Å²) in [5, 5.41) is 3.04. The van der Waals surface area contributed by atoms with Crippen molar-refractivity contribution >= 4 is 19.9 Å². The van der Waals surface area contributed by atoms with Crippen LogP contribution < -0.4 is 5.32 Å². The molecular formula is C9H22N2O4S2. The van der Waals surface area contributed by atoms with Crippen molar-refractivity contribution in [3.63, 3.8) is 0 Å². The molecule has 0 aromatic rings. The molecule has 0 fully saturated rings. The Hall–Kier alpha value is -0.180. The minimum atomic E-state index is -3.33. The molecule has 0 saturated heterocycles. The van der Waals surface area contributed by atoms with E-state index in [2.05, 4.69) is 5.32 Å². The zero-order chi connectivity index (χ0) is 13.5. The second kappa shape index (κ2) is 7.30. The molecular weight excluding hydrogens is 264 g/mol. The molecule has 6 nitrogen and oxygen atoms in total. The van der Waals surface area contributed by atoms with Gasteiger partial charge in [-0.25, -0.2) is 21.1 Å². The van der Waals surface area contributed by atoms with Gasteiger partial charge in [-0.05, 0) is 19.5 Å². The minimum Gasteiger partial charge on any atom is -0.317 e. The lowest BCUT2D eigenvalue weighted by Crippen LogP contribution is -2.34. The molecule has 0 aromatic heterocycles. The average Bonchev–Trinajstić information content (AvgIpc) is 2.20. The van der Waals surface area contributed by atoms with E-state index in [0.717, 1.165) is 17.1 Å². The number of sulfonamides is 1. The van der Waals surface area contributed by atoms with Gasteiger partial charge < -0.3 is 5.32 Å². The maximum Gasteiger partial charge on any atom is 0.213 e. The van der Waals surface area contributed by atoms with Crippen molar-refractivity contribution < 1.29 is 16.8 Å². The van der Waals surface area contributed by atoms with Gasteiger partial charge in [0.15, 0.2) is 0 Å². The van der Waals surface area contributed by atoms with E-state index in [-0.39, 0.29) is 18.1 Å². The summed E-state index contributed by atoms with van der Waals surface area (Å²) in [7, 11) is -5.05. The molecule has 0 aliphatic heterocycles. The molecule has 104 valence electrons. The van der Waals surface area contributed by atoms with Crippen LogP contribution >= 0.6 is 0 Å². The van der Waals surface area contributed by atoms with Crippen LogP contribution in [0.3, 0.4) is 0 Å². The van der Waals surface area contributed by atoms with Crippen molar-refractivity contribution in [2.75, 3.05) is 44.4 Å². The summed E-state index contributed by atoms with van der Waals surface area (Å²) in [6, 6.07) is 0. The number of hydrogen-bond donors (Lipinski definition) is 1. The maximum absolute atomic E-state index is 11.7. The zero-order valence-electron chi connectivity index (χ0n) is 10.6. The second-order valence-corrected chi connectivity index (χ2v) is 8.43. The van der Waals surface area contributed by atoms with E-state index in [1.807, 2.05) is 6.92 Å². The number of nitrogens with one attached hydrogen (secondary N) is 1. The SMILES string of the molecule is CCNCCCS(=O)(=O)N(C)CCS(C)(=O)=O.